The first-order valence-electron chi connectivity index (χ1n) is 20.1. The molecule has 1 spiro atoms. The molecule has 3 aliphatic rings. The van der Waals surface area contributed by atoms with E-state index in [0.29, 0.717) is 0 Å². The number of fused-ring (bicyclic) bond motifs is 10. The highest BCUT2D eigenvalue weighted by Crippen LogP contribution is 2.66. The Hall–Kier alpha value is -6.26. The van der Waals surface area contributed by atoms with E-state index in [1.165, 1.54) is 44.5 Å². The summed E-state index contributed by atoms with van der Waals surface area (Å²) in [6, 6.07) is 42.4. The first kappa shape index (κ1) is 35.2. The van der Waals surface area contributed by atoms with E-state index in [9.17, 15) is 0 Å². The van der Waals surface area contributed by atoms with Gasteiger partial charge >= 0.3 is 0 Å². The minimum Gasteiger partial charge on any atom is -0.236 e. The lowest BCUT2D eigenvalue weighted by atomic mass is 9.64. The third kappa shape index (κ3) is 5.64. The topological polar surface area (TPSA) is 51.6 Å². The molecule has 5 aromatic carbocycles. The van der Waals surface area contributed by atoms with Crippen molar-refractivity contribution in [3.63, 3.8) is 0 Å². The molecule has 2 heterocycles. The molecule has 0 N–H and O–H groups in total. The number of aromatic nitrogens is 4. The second-order valence-electron chi connectivity index (χ2n) is 18.0. The molecule has 4 nitrogen and oxygen atoms in total. The minimum absolute atomic E-state index is 0.0962. The Morgan fingerprint density at radius 3 is 1.46 bits per heavy atom. The number of allylic oxidation sites excluding steroid dienone is 4. The highest BCUT2D eigenvalue weighted by atomic mass is 14.9. The summed E-state index contributed by atoms with van der Waals surface area (Å²) >= 11 is 0. The largest absolute Gasteiger partial charge is 0.236 e. The van der Waals surface area contributed by atoms with E-state index in [1.54, 1.807) is 0 Å². The van der Waals surface area contributed by atoms with Crippen molar-refractivity contribution in [2.45, 2.75) is 63.7 Å². The molecule has 2 atom stereocenters. The average Bonchev–Trinajstić information content (AvgIpc) is 3.70. The molecule has 0 saturated heterocycles. The molecular weight excluding hydrogens is 693 g/mol. The normalized spacial score (nSPS) is 17.5. The van der Waals surface area contributed by atoms with Gasteiger partial charge in [-0.1, -0.05) is 169 Å². The van der Waals surface area contributed by atoms with Crippen LogP contribution in [0.5, 0.6) is 0 Å². The molecule has 3 aliphatic carbocycles. The Morgan fingerprint density at radius 2 is 0.947 bits per heavy atom. The predicted octanol–water partition coefficient (Wildman–Crippen LogP) is 12.5. The summed E-state index contributed by atoms with van der Waals surface area (Å²) in [6.07, 6.45) is 15.1. The SMILES string of the molecule is CC(C)(C)c1ccc(-c2ncc(C3=CC4C(C=C3)c3ccc(-c5cnc(-c6ccc(C(C)(C)C)cc6)nc5)cc3C43c4ccccc4-c4ccccc43)cn2)cc1. The summed E-state index contributed by atoms with van der Waals surface area (Å²) in [5.41, 5.74) is 16.8. The van der Waals surface area contributed by atoms with Crippen LogP contribution in [0.2, 0.25) is 0 Å². The molecule has 2 unspecified atom stereocenters. The average molecular weight is 739 g/mol. The molecule has 2 aromatic heterocycles. The van der Waals surface area contributed by atoms with Gasteiger partial charge in [-0.25, -0.2) is 19.9 Å². The summed E-state index contributed by atoms with van der Waals surface area (Å²) in [7, 11) is 0. The lowest BCUT2D eigenvalue weighted by Crippen LogP contribution is -2.33. The van der Waals surface area contributed by atoms with Crippen LogP contribution in [0.15, 0.2) is 158 Å². The van der Waals surface area contributed by atoms with Gasteiger partial charge in [0.25, 0.3) is 0 Å². The first-order valence-corrected chi connectivity index (χ1v) is 20.1. The molecule has 0 bridgehead atoms. The second kappa shape index (κ2) is 12.9. The van der Waals surface area contributed by atoms with E-state index in [2.05, 4.69) is 175 Å². The Bertz CT molecular complexity index is 2680. The molecule has 0 radical (unpaired) electrons. The van der Waals surface area contributed by atoms with E-state index >= 15 is 0 Å². The van der Waals surface area contributed by atoms with Crippen molar-refractivity contribution in [2.24, 2.45) is 5.92 Å². The van der Waals surface area contributed by atoms with Crippen molar-refractivity contribution in [3.8, 4) is 45.0 Å². The second-order valence-corrected chi connectivity index (χ2v) is 18.0. The van der Waals surface area contributed by atoms with Crippen molar-refractivity contribution in [3.05, 3.63) is 197 Å². The maximum absolute atomic E-state index is 4.89. The zero-order valence-electron chi connectivity index (χ0n) is 33.5. The van der Waals surface area contributed by atoms with Gasteiger partial charge in [0.1, 0.15) is 0 Å². The number of nitrogens with zero attached hydrogens (tertiary/aromatic N) is 4. The minimum atomic E-state index is -0.385. The van der Waals surface area contributed by atoms with Crippen LogP contribution in [0, 0.1) is 5.92 Å². The molecule has 0 saturated carbocycles. The molecule has 57 heavy (non-hydrogen) atoms. The van der Waals surface area contributed by atoms with Crippen molar-refractivity contribution >= 4 is 5.57 Å². The van der Waals surface area contributed by atoms with Crippen LogP contribution >= 0.6 is 0 Å². The summed E-state index contributed by atoms with van der Waals surface area (Å²) in [5.74, 6) is 1.82. The maximum Gasteiger partial charge on any atom is 0.159 e. The number of hydrogen-bond acceptors (Lipinski definition) is 4. The van der Waals surface area contributed by atoms with E-state index in [0.717, 1.165) is 45.0 Å². The zero-order chi connectivity index (χ0) is 39.1. The monoisotopic (exact) mass is 738 g/mol. The van der Waals surface area contributed by atoms with Crippen LogP contribution in [0.3, 0.4) is 0 Å². The van der Waals surface area contributed by atoms with E-state index in [-0.39, 0.29) is 28.1 Å². The van der Waals surface area contributed by atoms with Gasteiger partial charge in [-0.3, -0.25) is 0 Å². The summed E-state index contributed by atoms with van der Waals surface area (Å²) in [5, 5.41) is 0. The molecule has 7 aromatic rings. The fraction of sp³-hybridized carbons (Fsp3) is 0.208. The fourth-order valence-corrected chi connectivity index (χ4v) is 9.52. The van der Waals surface area contributed by atoms with Crippen LogP contribution in [0.4, 0.5) is 0 Å². The fourth-order valence-electron chi connectivity index (χ4n) is 9.52. The van der Waals surface area contributed by atoms with Crippen LogP contribution < -0.4 is 0 Å². The highest BCUT2D eigenvalue weighted by molar-refractivity contribution is 5.88. The Balaban J connectivity index is 1.05. The quantitative estimate of drug-likeness (QED) is 0.180. The van der Waals surface area contributed by atoms with Crippen molar-refractivity contribution < 1.29 is 0 Å². The van der Waals surface area contributed by atoms with Gasteiger partial charge in [0.05, 0.1) is 5.41 Å². The van der Waals surface area contributed by atoms with Gasteiger partial charge in [-0.15, -0.1) is 0 Å². The van der Waals surface area contributed by atoms with Crippen LogP contribution in [0.1, 0.15) is 86.4 Å². The molecule has 4 heteroatoms. The van der Waals surface area contributed by atoms with Gasteiger partial charge in [-0.2, -0.15) is 0 Å². The molecule has 0 fully saturated rings. The van der Waals surface area contributed by atoms with Gasteiger partial charge in [0.2, 0.25) is 0 Å². The summed E-state index contributed by atoms with van der Waals surface area (Å²) in [4.78, 5) is 19.5. The van der Waals surface area contributed by atoms with E-state index < -0.39 is 0 Å². The highest BCUT2D eigenvalue weighted by Gasteiger charge is 2.57. The van der Waals surface area contributed by atoms with Gasteiger partial charge in [-0.05, 0) is 72.5 Å². The maximum atomic E-state index is 4.89. The third-order valence-corrected chi connectivity index (χ3v) is 12.5. The molecular formula is C53H46N4. The van der Waals surface area contributed by atoms with Crippen molar-refractivity contribution in [2.75, 3.05) is 0 Å². The van der Waals surface area contributed by atoms with E-state index in [4.69, 9.17) is 19.9 Å². The van der Waals surface area contributed by atoms with Gasteiger partial charge < -0.3 is 0 Å². The summed E-state index contributed by atoms with van der Waals surface area (Å²) < 4.78 is 0. The first-order chi connectivity index (χ1) is 27.5. The third-order valence-electron chi connectivity index (χ3n) is 12.5. The number of benzene rings is 5. The van der Waals surface area contributed by atoms with E-state index in [1.807, 2.05) is 24.8 Å². The van der Waals surface area contributed by atoms with Crippen LogP contribution in [-0.4, -0.2) is 19.9 Å². The van der Waals surface area contributed by atoms with Crippen LogP contribution in [-0.2, 0) is 16.2 Å². The Kier molecular flexibility index (Phi) is 7.96. The van der Waals surface area contributed by atoms with Crippen LogP contribution in [0.25, 0.3) is 50.6 Å². The summed E-state index contributed by atoms with van der Waals surface area (Å²) in [6.45, 7) is 13.4. The van der Waals surface area contributed by atoms with Gasteiger partial charge in [0, 0.05) is 58.9 Å². The standard InChI is InChI=1S/C53H46N4/c1-51(2,3)39-21-15-33(16-22-39)49-54-29-37(30-55-49)35-19-25-43-44-26-20-36(38-31-56-50(57-32-38)34-17-23-40(24-18-34)52(4,5)6)28-48(44)53(47(43)27-35)45-13-9-7-11-41(45)42-12-8-10-14-46(42)53/h7-32,43,47H,1-6H3. The number of hydrogen-bond donors (Lipinski definition) is 0. The Labute approximate surface area is 336 Å². The molecule has 10 rings (SSSR count). The van der Waals surface area contributed by atoms with Crippen molar-refractivity contribution in [1.29, 1.82) is 0 Å². The lowest BCUT2D eigenvalue weighted by Gasteiger charge is -2.37. The number of rotatable bonds is 4. The van der Waals surface area contributed by atoms with Gasteiger partial charge in [0.15, 0.2) is 11.6 Å². The van der Waals surface area contributed by atoms with Crippen molar-refractivity contribution in [1.82, 2.24) is 19.9 Å². The smallest absolute Gasteiger partial charge is 0.159 e. The predicted molar refractivity (Wildman–Crippen MR) is 233 cm³/mol. The molecule has 0 amide bonds. The lowest BCUT2D eigenvalue weighted by molar-refractivity contribution is 0.467. The molecule has 0 aliphatic heterocycles. The zero-order valence-corrected chi connectivity index (χ0v) is 33.5. The molecule has 278 valence electrons. The Morgan fingerprint density at radius 1 is 0.474 bits per heavy atom.